The smallest absolute Gasteiger partial charge is 0.416 e. The molecule has 1 atom stereocenters. The summed E-state index contributed by atoms with van der Waals surface area (Å²) in [5, 5.41) is 14.7. The second-order valence-electron chi connectivity index (χ2n) is 11.9. The van der Waals surface area contributed by atoms with Crippen molar-refractivity contribution in [3.63, 3.8) is 0 Å². The van der Waals surface area contributed by atoms with E-state index in [-0.39, 0.29) is 35.8 Å². The molecule has 0 unspecified atom stereocenters. The van der Waals surface area contributed by atoms with Crippen molar-refractivity contribution in [3.8, 4) is 0 Å². The van der Waals surface area contributed by atoms with E-state index in [9.17, 15) is 41.0 Å². The lowest BCUT2D eigenvalue weighted by Crippen LogP contribution is -2.58. The number of fused-ring (bicyclic) bond motifs is 1. The van der Waals surface area contributed by atoms with Gasteiger partial charge in [0.15, 0.2) is 10.3 Å². The summed E-state index contributed by atoms with van der Waals surface area (Å²) in [5.41, 5.74) is -3.15. The monoisotopic (exact) mass is 703 g/mol. The van der Waals surface area contributed by atoms with Gasteiger partial charge in [0.05, 0.1) is 40.7 Å². The second-order valence-corrected chi connectivity index (χ2v) is 13.2. The molecule has 252 valence electrons. The molecule has 0 saturated carbocycles. The van der Waals surface area contributed by atoms with Gasteiger partial charge < -0.3 is 14.7 Å². The van der Waals surface area contributed by atoms with Gasteiger partial charge in [0.1, 0.15) is 5.60 Å². The summed E-state index contributed by atoms with van der Waals surface area (Å²) in [5.74, 6) is -0.510. The highest BCUT2D eigenvalue weighted by atomic mass is 35.5. The lowest BCUT2D eigenvalue weighted by molar-refractivity contribution is -0.143. The summed E-state index contributed by atoms with van der Waals surface area (Å²) >= 11 is 7.42. The average Bonchev–Trinajstić information content (AvgIpc) is 3.49. The number of piperazine rings is 1. The minimum Gasteiger partial charge on any atom is -0.444 e. The molecule has 1 N–H and O–H groups in total. The minimum absolute atomic E-state index is 0.0547. The third-order valence-corrected chi connectivity index (χ3v) is 8.61. The first-order valence-corrected chi connectivity index (χ1v) is 15.3. The number of aliphatic hydroxyl groups is 1. The van der Waals surface area contributed by atoms with Crippen molar-refractivity contribution in [2.24, 2.45) is 4.99 Å². The van der Waals surface area contributed by atoms with Gasteiger partial charge in [0, 0.05) is 25.0 Å². The standard InChI is InChI=1S/C30H28ClF6N5O4S/c1-28(2,3)46-27(45)41-9-8-40(14-19(41)15-43)26-38-25(44)23(47-26)11-16-4-7-22-20(10-16)24(31)39-42(22)13-17-5-6-18(29(32,33)34)12-21(17)30(35,36)37/h4-7,10-12,19,43H,8-9,13-15H2,1-3H3/t19-/m1/s1. The number of amidine groups is 1. The number of alkyl halides is 6. The molecule has 2 aliphatic heterocycles. The van der Waals surface area contributed by atoms with E-state index in [0.29, 0.717) is 34.2 Å². The zero-order valence-electron chi connectivity index (χ0n) is 25.1. The van der Waals surface area contributed by atoms with Crippen LogP contribution in [0.15, 0.2) is 46.3 Å². The molecule has 1 saturated heterocycles. The molecule has 5 rings (SSSR count). The maximum absolute atomic E-state index is 13.7. The Labute approximate surface area is 273 Å². The van der Waals surface area contributed by atoms with Crippen molar-refractivity contribution >= 4 is 57.5 Å². The maximum Gasteiger partial charge on any atom is 0.416 e. The highest BCUT2D eigenvalue weighted by Crippen LogP contribution is 2.38. The Hall–Kier alpha value is -3.76. The molecule has 0 radical (unpaired) electrons. The van der Waals surface area contributed by atoms with E-state index in [4.69, 9.17) is 16.3 Å². The van der Waals surface area contributed by atoms with Gasteiger partial charge >= 0.3 is 18.4 Å². The van der Waals surface area contributed by atoms with Gasteiger partial charge in [-0.2, -0.15) is 36.4 Å². The number of aliphatic imine (C=N–C) groups is 1. The number of benzene rings is 2. The molecule has 47 heavy (non-hydrogen) atoms. The minimum atomic E-state index is -5.04. The number of hydrogen-bond acceptors (Lipinski definition) is 7. The third kappa shape index (κ3) is 7.70. The number of aromatic nitrogens is 2. The van der Waals surface area contributed by atoms with E-state index < -0.39 is 59.2 Å². The Morgan fingerprint density at radius 1 is 1.09 bits per heavy atom. The Morgan fingerprint density at radius 3 is 2.45 bits per heavy atom. The highest BCUT2D eigenvalue weighted by Gasteiger charge is 2.39. The van der Waals surface area contributed by atoms with Crippen LogP contribution in [0.2, 0.25) is 5.15 Å². The number of ether oxygens (including phenoxy) is 1. The van der Waals surface area contributed by atoms with Crippen LogP contribution in [0.5, 0.6) is 0 Å². The van der Waals surface area contributed by atoms with E-state index in [1.807, 2.05) is 0 Å². The van der Waals surface area contributed by atoms with Crippen molar-refractivity contribution in [2.45, 2.75) is 51.3 Å². The first kappa shape index (κ1) is 34.6. The molecule has 1 fully saturated rings. The predicted molar refractivity (Wildman–Crippen MR) is 164 cm³/mol. The fourth-order valence-electron chi connectivity index (χ4n) is 5.11. The first-order chi connectivity index (χ1) is 21.8. The predicted octanol–water partition coefficient (Wildman–Crippen LogP) is 6.66. The zero-order valence-corrected chi connectivity index (χ0v) is 26.7. The second kappa shape index (κ2) is 12.7. The normalized spacial score (nSPS) is 18.8. The Morgan fingerprint density at radius 2 is 1.81 bits per heavy atom. The quantitative estimate of drug-likeness (QED) is 0.240. The topological polar surface area (TPSA) is 100 Å². The van der Waals surface area contributed by atoms with Crippen molar-refractivity contribution in [1.29, 1.82) is 0 Å². The molecular formula is C30H28ClF6N5O4S. The molecule has 3 heterocycles. The number of halogens is 7. The van der Waals surface area contributed by atoms with Crippen LogP contribution in [0.4, 0.5) is 31.1 Å². The summed E-state index contributed by atoms with van der Waals surface area (Å²) in [6.07, 6.45) is -8.98. The molecule has 2 aliphatic rings. The van der Waals surface area contributed by atoms with Gasteiger partial charge in [-0.25, -0.2) is 4.79 Å². The van der Waals surface area contributed by atoms with E-state index in [1.54, 1.807) is 43.9 Å². The van der Waals surface area contributed by atoms with E-state index >= 15 is 0 Å². The molecule has 0 bridgehead atoms. The van der Waals surface area contributed by atoms with Crippen LogP contribution < -0.4 is 0 Å². The van der Waals surface area contributed by atoms with Gasteiger partial charge in [-0.3, -0.25) is 14.4 Å². The third-order valence-electron chi connectivity index (χ3n) is 7.29. The maximum atomic E-state index is 13.7. The van der Waals surface area contributed by atoms with Crippen LogP contribution in [-0.4, -0.2) is 79.7 Å². The number of hydrogen-bond donors (Lipinski definition) is 1. The zero-order chi connectivity index (χ0) is 34.5. The first-order valence-electron chi connectivity index (χ1n) is 14.2. The fourth-order valence-corrected chi connectivity index (χ4v) is 6.31. The molecular weight excluding hydrogens is 676 g/mol. The van der Waals surface area contributed by atoms with Crippen LogP contribution in [0.1, 0.15) is 43.0 Å². The molecule has 17 heteroatoms. The summed E-state index contributed by atoms with van der Waals surface area (Å²) in [6.45, 7) is 5.21. The van der Waals surface area contributed by atoms with Crippen LogP contribution in [-0.2, 0) is 28.4 Å². The molecule has 0 aliphatic carbocycles. The van der Waals surface area contributed by atoms with Crippen molar-refractivity contribution in [2.75, 3.05) is 26.2 Å². The molecule has 9 nitrogen and oxygen atoms in total. The number of carbonyl (C=O) groups is 2. The highest BCUT2D eigenvalue weighted by molar-refractivity contribution is 8.18. The van der Waals surface area contributed by atoms with Crippen LogP contribution >= 0.6 is 23.4 Å². The molecule has 2 aromatic carbocycles. The van der Waals surface area contributed by atoms with Crippen molar-refractivity contribution in [1.82, 2.24) is 19.6 Å². The largest absolute Gasteiger partial charge is 0.444 e. The number of aliphatic hydroxyl groups excluding tert-OH is 1. The fraction of sp³-hybridized carbons (Fsp3) is 0.400. The van der Waals surface area contributed by atoms with E-state index in [1.165, 1.54) is 11.0 Å². The van der Waals surface area contributed by atoms with Gasteiger partial charge in [-0.1, -0.05) is 23.7 Å². The molecule has 2 amide bonds. The van der Waals surface area contributed by atoms with Crippen molar-refractivity contribution in [3.05, 3.63) is 68.7 Å². The molecule has 0 spiro atoms. The van der Waals surface area contributed by atoms with E-state index in [0.717, 1.165) is 22.5 Å². The summed E-state index contributed by atoms with van der Waals surface area (Å²) in [6, 6.07) is 5.55. The van der Waals surface area contributed by atoms with Crippen molar-refractivity contribution < 1.29 is 45.8 Å². The summed E-state index contributed by atoms with van der Waals surface area (Å²) in [7, 11) is 0. The van der Waals surface area contributed by atoms with Crippen LogP contribution in [0.25, 0.3) is 17.0 Å². The Bertz CT molecular complexity index is 1780. The lowest BCUT2D eigenvalue weighted by Gasteiger charge is -2.41. The number of thioether (sulfide) groups is 1. The number of rotatable bonds is 4. The van der Waals surface area contributed by atoms with Gasteiger partial charge in [0.2, 0.25) is 0 Å². The van der Waals surface area contributed by atoms with E-state index in [2.05, 4.69) is 10.1 Å². The SMILES string of the molecule is CC(C)(C)OC(=O)N1CCN(C2=NC(=O)C(=Cc3ccc4c(c3)c(Cl)nn4Cc3ccc(C(F)(F)F)cc3C(F)(F)F)S2)C[C@@H]1CO. The number of amides is 2. The number of nitrogens with zero attached hydrogens (tertiary/aromatic N) is 5. The average molecular weight is 704 g/mol. The molecule has 1 aromatic heterocycles. The summed E-state index contributed by atoms with van der Waals surface area (Å²) in [4.78, 5) is 33.1. The Kier molecular flexibility index (Phi) is 9.33. The molecule has 3 aromatic rings. The summed E-state index contributed by atoms with van der Waals surface area (Å²) < 4.78 is 87.0. The van der Waals surface area contributed by atoms with Gasteiger partial charge in [-0.05, 0) is 74.0 Å². The Balaban J connectivity index is 1.33. The van der Waals surface area contributed by atoms with Crippen LogP contribution in [0, 0.1) is 0 Å². The van der Waals surface area contributed by atoms with Gasteiger partial charge in [0.25, 0.3) is 5.91 Å². The number of carbonyl (C=O) groups excluding carboxylic acids is 2. The van der Waals surface area contributed by atoms with Gasteiger partial charge in [-0.15, -0.1) is 0 Å². The lowest BCUT2D eigenvalue weighted by atomic mass is 10.0. The van der Waals surface area contributed by atoms with Crippen LogP contribution in [0.3, 0.4) is 0 Å².